The Hall–Kier alpha value is -0.545. The molecule has 0 radical (unpaired) electrons. The fourth-order valence-electron chi connectivity index (χ4n) is 1.48. The van der Waals surface area contributed by atoms with E-state index < -0.39 is 7.05 Å². The molecule has 0 aromatic heterocycles. The van der Waals surface area contributed by atoms with E-state index >= 15 is 0 Å². The Kier molecular flexibility index (Phi) is 8.42. The lowest BCUT2D eigenvalue weighted by atomic mass is 9.86. The van der Waals surface area contributed by atoms with Crippen molar-refractivity contribution in [3.63, 3.8) is 0 Å². The van der Waals surface area contributed by atoms with Gasteiger partial charge >= 0.3 is 7.05 Å². The summed E-state index contributed by atoms with van der Waals surface area (Å²) in [4.78, 5) is 11.6. The van der Waals surface area contributed by atoms with Crippen LogP contribution in [-0.4, -0.2) is 30.6 Å². The smallest absolute Gasteiger partial charge is 0.374 e. The molecule has 0 fully saturated rings. The zero-order chi connectivity index (χ0) is 11.7. The molecule has 0 heterocycles. The first-order chi connectivity index (χ1) is 7.11. The Morgan fingerprint density at radius 3 is 2.53 bits per heavy atom. The normalized spacial score (nSPS) is 12.3. The number of hydrogen-bond donors (Lipinski definition) is 3. The summed E-state index contributed by atoms with van der Waals surface area (Å²) in [6.45, 7) is 6.28. The van der Waals surface area contributed by atoms with Gasteiger partial charge in [-0.05, 0) is 20.2 Å². The maximum Gasteiger partial charge on any atom is 0.374 e. The zero-order valence-electron chi connectivity index (χ0n) is 10.0. The predicted molar refractivity (Wildman–Crippen MR) is 63.6 cm³/mol. The number of carbonyl (C=O) groups is 1. The summed E-state index contributed by atoms with van der Waals surface area (Å²) >= 11 is 0. The minimum absolute atomic E-state index is 0.0190. The molecule has 0 spiro atoms. The van der Waals surface area contributed by atoms with Crippen LogP contribution in [-0.2, 0) is 4.79 Å². The van der Waals surface area contributed by atoms with Crippen molar-refractivity contribution in [1.29, 1.82) is 0 Å². The highest BCUT2D eigenvalue weighted by molar-refractivity contribution is 6.46. The maximum absolute atomic E-state index is 11.6. The first-order valence-electron chi connectivity index (χ1n) is 5.83. The summed E-state index contributed by atoms with van der Waals surface area (Å²) in [6, 6.07) is -0.267. The van der Waals surface area contributed by atoms with Gasteiger partial charge in [-0.25, -0.2) is 0 Å². The predicted octanol–water partition coefficient (Wildman–Crippen LogP) is 0.771. The highest BCUT2D eigenvalue weighted by atomic mass is 16.2. The Morgan fingerprint density at radius 1 is 1.40 bits per heavy atom. The Bertz CT molecular complexity index is 177. The number of unbranched alkanes of at least 4 members (excludes halogenated alkanes) is 2. The van der Waals surface area contributed by atoms with E-state index in [4.69, 9.17) is 0 Å². The van der Waals surface area contributed by atoms with Crippen LogP contribution in [0.4, 0.5) is 0 Å². The van der Waals surface area contributed by atoms with Crippen LogP contribution < -0.4 is 10.5 Å². The van der Waals surface area contributed by atoms with Gasteiger partial charge in [0.05, 0.1) is 6.04 Å². The van der Waals surface area contributed by atoms with Crippen molar-refractivity contribution in [3.05, 3.63) is 0 Å². The molecule has 5 heteroatoms. The van der Waals surface area contributed by atoms with Crippen LogP contribution in [0.2, 0.25) is 6.82 Å². The van der Waals surface area contributed by atoms with Crippen LogP contribution >= 0.6 is 0 Å². The van der Waals surface area contributed by atoms with Crippen LogP contribution in [0.15, 0.2) is 0 Å². The third-order valence-electron chi connectivity index (χ3n) is 2.21. The highest BCUT2D eigenvalue weighted by Crippen LogP contribution is 2.03. The van der Waals surface area contributed by atoms with Crippen molar-refractivity contribution in [2.45, 2.75) is 52.4 Å². The zero-order valence-corrected chi connectivity index (χ0v) is 10.0. The van der Waals surface area contributed by atoms with E-state index in [1.807, 2.05) is 6.92 Å². The molecule has 3 N–H and O–H groups in total. The van der Waals surface area contributed by atoms with Gasteiger partial charge in [0.15, 0.2) is 0 Å². The molecule has 4 nitrogen and oxygen atoms in total. The third-order valence-corrected chi connectivity index (χ3v) is 2.21. The van der Waals surface area contributed by atoms with Gasteiger partial charge in [0.25, 0.3) is 0 Å². The number of nitrogens with one attached hydrogen (secondary N) is 2. The topological polar surface area (TPSA) is 61.4 Å². The Balaban J connectivity index is 3.99. The van der Waals surface area contributed by atoms with E-state index in [2.05, 4.69) is 17.5 Å². The molecular weight excluding hydrogens is 191 g/mol. The van der Waals surface area contributed by atoms with Gasteiger partial charge in [0.1, 0.15) is 0 Å². The second-order valence-corrected chi connectivity index (χ2v) is 3.79. The first kappa shape index (κ1) is 14.5. The minimum atomic E-state index is -0.640. The second kappa shape index (κ2) is 8.74. The fourth-order valence-corrected chi connectivity index (χ4v) is 1.48. The first-order valence-corrected chi connectivity index (χ1v) is 5.83. The van der Waals surface area contributed by atoms with Crippen LogP contribution in [0.3, 0.4) is 0 Å². The van der Waals surface area contributed by atoms with Crippen LogP contribution in [0.25, 0.3) is 0 Å². The molecule has 88 valence electrons. The lowest BCUT2D eigenvalue weighted by molar-refractivity contribution is -0.122. The molecule has 0 aliphatic heterocycles. The molecule has 0 aliphatic rings. The second-order valence-electron chi connectivity index (χ2n) is 3.79. The number of rotatable bonds is 8. The van der Waals surface area contributed by atoms with Crippen molar-refractivity contribution in [3.8, 4) is 0 Å². The lowest BCUT2D eigenvalue weighted by Gasteiger charge is -2.18. The number of carbonyl (C=O) groups excluding carboxylic acids is 1. The molecule has 0 rings (SSSR count). The monoisotopic (exact) mass is 214 g/mol. The quantitative estimate of drug-likeness (QED) is 0.413. The number of hydrogen-bond acceptors (Lipinski definition) is 3. The van der Waals surface area contributed by atoms with Gasteiger partial charge in [-0.1, -0.05) is 26.2 Å². The van der Waals surface area contributed by atoms with Crippen molar-refractivity contribution in [2.24, 2.45) is 0 Å². The summed E-state index contributed by atoms with van der Waals surface area (Å²) in [5.74, 6) is -0.0190. The summed E-state index contributed by atoms with van der Waals surface area (Å²) in [5.41, 5.74) is 0. The Labute approximate surface area is 93.0 Å². The number of amides is 1. The fraction of sp³-hybridized carbons (Fsp3) is 0.900. The van der Waals surface area contributed by atoms with Gasteiger partial charge < -0.3 is 15.6 Å². The molecule has 0 aromatic carbocycles. The van der Waals surface area contributed by atoms with Crippen molar-refractivity contribution < 1.29 is 9.82 Å². The summed E-state index contributed by atoms with van der Waals surface area (Å²) < 4.78 is 0. The Morgan fingerprint density at radius 2 is 2.07 bits per heavy atom. The minimum Gasteiger partial charge on any atom is -0.437 e. The van der Waals surface area contributed by atoms with E-state index in [1.54, 1.807) is 6.82 Å². The molecule has 0 aromatic rings. The molecule has 15 heavy (non-hydrogen) atoms. The maximum atomic E-state index is 11.6. The van der Waals surface area contributed by atoms with Gasteiger partial charge in [-0.15, -0.1) is 0 Å². The molecule has 0 bridgehead atoms. The number of likely N-dealkylation sites (N-methyl/N-ethyl adjacent to an activating group) is 1. The van der Waals surface area contributed by atoms with Crippen molar-refractivity contribution in [1.82, 2.24) is 10.5 Å². The van der Waals surface area contributed by atoms with E-state index in [0.717, 1.165) is 25.7 Å². The lowest BCUT2D eigenvalue weighted by Crippen LogP contribution is -2.49. The molecule has 1 atom stereocenters. The van der Waals surface area contributed by atoms with Gasteiger partial charge in [0, 0.05) is 6.54 Å². The van der Waals surface area contributed by atoms with E-state index in [9.17, 15) is 9.82 Å². The standard InChI is InChI=1S/C10H23BN2O2/c1-4-6-7-8-9(13-11(3)15)10(14)12-5-2/h9,13,15H,4-8H2,1-3H3,(H,12,14). The van der Waals surface area contributed by atoms with Crippen molar-refractivity contribution in [2.75, 3.05) is 6.54 Å². The third kappa shape index (κ3) is 7.39. The van der Waals surface area contributed by atoms with Crippen LogP contribution in [0.1, 0.15) is 39.5 Å². The van der Waals surface area contributed by atoms with Gasteiger partial charge in [0.2, 0.25) is 5.91 Å². The largest absolute Gasteiger partial charge is 0.437 e. The molecule has 0 aliphatic carbocycles. The van der Waals surface area contributed by atoms with E-state index in [-0.39, 0.29) is 11.9 Å². The highest BCUT2D eigenvalue weighted by Gasteiger charge is 2.19. The van der Waals surface area contributed by atoms with Crippen LogP contribution in [0, 0.1) is 0 Å². The summed E-state index contributed by atoms with van der Waals surface area (Å²) in [7, 11) is -0.640. The van der Waals surface area contributed by atoms with Crippen molar-refractivity contribution >= 4 is 13.0 Å². The molecule has 1 amide bonds. The van der Waals surface area contributed by atoms with Gasteiger partial charge in [-0.2, -0.15) is 0 Å². The molecule has 0 saturated carbocycles. The summed E-state index contributed by atoms with van der Waals surface area (Å²) in [6.07, 6.45) is 4.05. The van der Waals surface area contributed by atoms with E-state index in [1.165, 1.54) is 0 Å². The molecule has 1 unspecified atom stereocenters. The van der Waals surface area contributed by atoms with Gasteiger partial charge in [-0.3, -0.25) is 4.79 Å². The van der Waals surface area contributed by atoms with E-state index in [0.29, 0.717) is 6.54 Å². The summed E-state index contributed by atoms with van der Waals surface area (Å²) in [5, 5.41) is 14.8. The average Bonchev–Trinajstić information content (AvgIpc) is 2.16. The van der Waals surface area contributed by atoms with Crippen LogP contribution in [0.5, 0.6) is 0 Å². The average molecular weight is 214 g/mol. The molecular formula is C10H23BN2O2. The molecule has 0 saturated heterocycles. The SMILES string of the molecule is CCCCCC(NB(C)O)C(=O)NCC.